The fraction of sp³-hybridized carbons (Fsp3) is 0.125. The van der Waals surface area contributed by atoms with Crippen LogP contribution in [0.1, 0.15) is 18.1 Å². The van der Waals surface area contributed by atoms with Gasteiger partial charge in [0.2, 0.25) is 11.9 Å². The number of benzene rings is 3. The summed E-state index contributed by atoms with van der Waals surface area (Å²) >= 11 is 0. The van der Waals surface area contributed by atoms with Crippen LogP contribution < -0.4 is 10.0 Å². The van der Waals surface area contributed by atoms with Gasteiger partial charge in [-0.3, -0.25) is 4.79 Å². The second-order valence-corrected chi connectivity index (χ2v) is 9.36. The van der Waals surface area contributed by atoms with Gasteiger partial charge in [-0.15, -0.1) is 0 Å². The van der Waals surface area contributed by atoms with E-state index in [-0.39, 0.29) is 16.8 Å². The van der Waals surface area contributed by atoms with E-state index in [1.54, 1.807) is 0 Å². The number of carbonyl (C=O) groups excluding carboxylic acids is 1. The zero-order chi connectivity index (χ0) is 22.3. The third-order valence-electron chi connectivity index (χ3n) is 5.46. The molecule has 1 aliphatic carbocycles. The van der Waals surface area contributed by atoms with Gasteiger partial charge in [0.25, 0.3) is 10.0 Å². The summed E-state index contributed by atoms with van der Waals surface area (Å²) in [6.45, 7) is 1.39. The van der Waals surface area contributed by atoms with Crippen LogP contribution in [0.3, 0.4) is 0 Å². The zero-order valence-corrected chi connectivity index (χ0v) is 18.1. The highest BCUT2D eigenvalue weighted by atomic mass is 32.2. The number of aryl methyl sites for hydroxylation is 2. The molecule has 3 aromatic carbocycles. The molecule has 4 aromatic rings. The molecule has 0 fully saturated rings. The summed E-state index contributed by atoms with van der Waals surface area (Å²) in [4.78, 5) is 20.4. The first kappa shape index (κ1) is 20.1. The Morgan fingerprint density at radius 1 is 0.875 bits per heavy atom. The number of rotatable bonds is 4. The Morgan fingerprint density at radius 3 is 2.38 bits per heavy atom. The molecule has 0 saturated carbocycles. The largest absolute Gasteiger partial charge is 0.326 e. The highest BCUT2D eigenvalue weighted by molar-refractivity contribution is 7.92. The van der Waals surface area contributed by atoms with Crippen LogP contribution in [-0.4, -0.2) is 24.3 Å². The number of hydrogen-bond donors (Lipinski definition) is 2. The Labute approximate surface area is 185 Å². The third kappa shape index (κ3) is 3.69. The number of nitrogens with zero attached hydrogens (tertiary/aromatic N) is 2. The summed E-state index contributed by atoms with van der Waals surface area (Å²) in [5.74, 6) is -0.208. The van der Waals surface area contributed by atoms with Crippen LogP contribution in [-0.2, 0) is 27.7 Å². The van der Waals surface area contributed by atoms with Crippen LogP contribution in [0.25, 0.3) is 22.2 Å². The van der Waals surface area contributed by atoms with E-state index in [0.29, 0.717) is 11.2 Å². The molecule has 1 amide bonds. The highest BCUT2D eigenvalue weighted by Gasteiger charge is 2.22. The standard InChI is InChI=1S/C24H20N4O3S/c1-15(29)25-18-11-13-19(14-12-18)32(30,31)28-24-26-21-8-4-6-17-10-9-16-5-2-3-7-20(16)23(27-24)22(17)21/h2-8,11-14H,9-10H2,1H3,(H,25,29)(H,26,27,28). The number of sulfonamides is 1. The lowest BCUT2D eigenvalue weighted by atomic mass is 10.0. The fourth-order valence-electron chi connectivity index (χ4n) is 4.04. The van der Waals surface area contributed by atoms with E-state index in [2.05, 4.69) is 32.1 Å². The normalized spacial score (nSPS) is 12.7. The Kier molecular flexibility index (Phi) is 4.86. The second kappa shape index (κ2) is 7.72. The molecular weight excluding hydrogens is 424 g/mol. The maximum atomic E-state index is 13.0. The maximum Gasteiger partial charge on any atom is 0.264 e. The van der Waals surface area contributed by atoms with Crippen LogP contribution >= 0.6 is 0 Å². The van der Waals surface area contributed by atoms with E-state index in [4.69, 9.17) is 0 Å². The zero-order valence-electron chi connectivity index (χ0n) is 17.3. The van der Waals surface area contributed by atoms with Gasteiger partial charge in [0.1, 0.15) is 0 Å². The Bertz CT molecular complexity index is 1460. The minimum Gasteiger partial charge on any atom is -0.326 e. The van der Waals surface area contributed by atoms with Crippen LogP contribution in [0, 0.1) is 0 Å². The van der Waals surface area contributed by atoms with Crippen molar-refractivity contribution < 1.29 is 13.2 Å². The van der Waals surface area contributed by atoms with Gasteiger partial charge in [0, 0.05) is 23.6 Å². The molecule has 0 radical (unpaired) electrons. The number of fused-ring (bicyclic) bond motifs is 2. The van der Waals surface area contributed by atoms with Gasteiger partial charge in [0.15, 0.2) is 0 Å². The molecule has 8 heteroatoms. The summed E-state index contributed by atoms with van der Waals surface area (Å²) in [7, 11) is -3.92. The minimum absolute atomic E-state index is 0.0206. The molecule has 160 valence electrons. The van der Waals surface area contributed by atoms with Crippen molar-refractivity contribution in [2.24, 2.45) is 0 Å². The maximum absolute atomic E-state index is 13.0. The molecule has 0 saturated heterocycles. The predicted octanol–water partition coefficient (Wildman–Crippen LogP) is 4.15. The quantitative estimate of drug-likeness (QED) is 0.492. The summed E-state index contributed by atoms with van der Waals surface area (Å²) < 4.78 is 28.5. The molecule has 1 aliphatic rings. The van der Waals surface area contributed by atoms with E-state index in [9.17, 15) is 13.2 Å². The number of hydrogen-bond acceptors (Lipinski definition) is 5. The molecule has 2 N–H and O–H groups in total. The molecule has 1 heterocycles. The Hall–Kier alpha value is -3.78. The lowest BCUT2D eigenvalue weighted by molar-refractivity contribution is -0.114. The van der Waals surface area contributed by atoms with Gasteiger partial charge in [-0.1, -0.05) is 36.4 Å². The second-order valence-electron chi connectivity index (χ2n) is 7.68. The van der Waals surface area contributed by atoms with Gasteiger partial charge < -0.3 is 5.32 Å². The Morgan fingerprint density at radius 2 is 1.59 bits per heavy atom. The highest BCUT2D eigenvalue weighted by Crippen LogP contribution is 2.36. The first-order valence-corrected chi connectivity index (χ1v) is 11.7. The van der Waals surface area contributed by atoms with Gasteiger partial charge in [-0.05, 0) is 54.3 Å². The SMILES string of the molecule is CC(=O)Nc1ccc(S(=O)(=O)Nc2nc3c4c(cccc4n2)CCc2ccccc2-3)cc1. The van der Waals surface area contributed by atoms with E-state index < -0.39 is 10.0 Å². The lowest BCUT2D eigenvalue weighted by Gasteiger charge is -2.13. The van der Waals surface area contributed by atoms with E-state index in [0.717, 1.165) is 35.0 Å². The number of anilines is 2. The molecule has 7 nitrogen and oxygen atoms in total. The summed E-state index contributed by atoms with van der Waals surface area (Å²) in [6, 6.07) is 19.9. The monoisotopic (exact) mass is 444 g/mol. The molecule has 0 unspecified atom stereocenters. The molecule has 0 spiro atoms. The average Bonchev–Trinajstić information content (AvgIpc) is 2.92. The van der Waals surface area contributed by atoms with Gasteiger partial charge in [0.05, 0.1) is 16.1 Å². The van der Waals surface area contributed by atoms with Crippen LogP contribution in [0.5, 0.6) is 0 Å². The fourth-order valence-corrected chi connectivity index (χ4v) is 4.99. The summed E-state index contributed by atoms with van der Waals surface area (Å²) in [5.41, 5.74) is 5.26. The predicted molar refractivity (Wildman–Crippen MR) is 124 cm³/mol. The van der Waals surface area contributed by atoms with Crippen molar-refractivity contribution in [3.8, 4) is 11.3 Å². The molecule has 0 aliphatic heterocycles. The van der Waals surface area contributed by atoms with Crippen molar-refractivity contribution in [2.45, 2.75) is 24.7 Å². The first-order chi connectivity index (χ1) is 15.4. The van der Waals surface area contributed by atoms with Crippen LogP contribution in [0.15, 0.2) is 71.6 Å². The minimum atomic E-state index is -3.92. The number of aromatic nitrogens is 2. The van der Waals surface area contributed by atoms with Crippen molar-refractivity contribution in [3.05, 3.63) is 77.9 Å². The van der Waals surface area contributed by atoms with Gasteiger partial charge in [-0.25, -0.2) is 23.1 Å². The van der Waals surface area contributed by atoms with Crippen molar-refractivity contribution >= 4 is 38.5 Å². The number of carbonyl (C=O) groups is 1. The van der Waals surface area contributed by atoms with Crippen molar-refractivity contribution in [3.63, 3.8) is 0 Å². The topological polar surface area (TPSA) is 101 Å². The smallest absolute Gasteiger partial charge is 0.264 e. The molecule has 32 heavy (non-hydrogen) atoms. The van der Waals surface area contributed by atoms with E-state index >= 15 is 0 Å². The number of amides is 1. The molecule has 5 rings (SSSR count). The summed E-state index contributed by atoms with van der Waals surface area (Å²) in [5, 5.41) is 3.57. The molecular formula is C24H20N4O3S. The van der Waals surface area contributed by atoms with Crippen molar-refractivity contribution in [1.82, 2.24) is 9.97 Å². The lowest BCUT2D eigenvalue weighted by Crippen LogP contribution is -2.16. The van der Waals surface area contributed by atoms with E-state index in [1.807, 2.05) is 30.3 Å². The van der Waals surface area contributed by atoms with Gasteiger partial charge in [-0.2, -0.15) is 0 Å². The van der Waals surface area contributed by atoms with Crippen LogP contribution in [0.2, 0.25) is 0 Å². The number of nitrogens with one attached hydrogen (secondary N) is 2. The van der Waals surface area contributed by atoms with Crippen LogP contribution in [0.4, 0.5) is 11.6 Å². The van der Waals surface area contributed by atoms with E-state index in [1.165, 1.54) is 36.8 Å². The van der Waals surface area contributed by atoms with Gasteiger partial charge >= 0.3 is 0 Å². The van der Waals surface area contributed by atoms with Crippen molar-refractivity contribution in [2.75, 3.05) is 10.0 Å². The average molecular weight is 445 g/mol. The summed E-state index contributed by atoms with van der Waals surface area (Å²) in [6.07, 6.45) is 1.75. The first-order valence-electron chi connectivity index (χ1n) is 10.2. The van der Waals surface area contributed by atoms with Crippen molar-refractivity contribution in [1.29, 1.82) is 0 Å². The molecule has 0 bridgehead atoms. The third-order valence-corrected chi connectivity index (χ3v) is 6.80. The molecule has 1 aromatic heterocycles. The molecule has 0 atom stereocenters. The Balaban J connectivity index is 1.57.